The van der Waals surface area contributed by atoms with E-state index in [1.807, 2.05) is 0 Å². The van der Waals surface area contributed by atoms with Crippen molar-refractivity contribution in [3.05, 3.63) is 69.4 Å². The number of rotatable bonds is 3. The standard InChI is InChI=1S/C13H10BrF3N2/c14-12-7(3-1-6-10(12)17)13(19-18)11-8(15)4-2-5-9(11)16/h1-6,13,19H,18H2. The van der Waals surface area contributed by atoms with Gasteiger partial charge in [0.2, 0.25) is 0 Å². The highest BCUT2D eigenvalue weighted by molar-refractivity contribution is 9.10. The van der Waals surface area contributed by atoms with E-state index in [2.05, 4.69) is 21.4 Å². The molecule has 0 spiro atoms. The molecule has 0 bridgehead atoms. The minimum atomic E-state index is -0.994. The van der Waals surface area contributed by atoms with E-state index in [-0.39, 0.29) is 10.0 Å². The third-order valence-corrected chi connectivity index (χ3v) is 3.58. The van der Waals surface area contributed by atoms with Crippen molar-refractivity contribution in [3.8, 4) is 0 Å². The van der Waals surface area contributed by atoms with Crippen LogP contribution in [0.3, 0.4) is 0 Å². The molecule has 2 nitrogen and oxygen atoms in total. The minimum absolute atomic E-state index is 0.112. The number of hydrogen-bond acceptors (Lipinski definition) is 2. The summed E-state index contributed by atoms with van der Waals surface area (Å²) in [5.41, 5.74) is 2.37. The molecule has 0 aliphatic heterocycles. The Morgan fingerprint density at radius 2 is 1.47 bits per heavy atom. The van der Waals surface area contributed by atoms with Crippen LogP contribution >= 0.6 is 15.9 Å². The fourth-order valence-corrected chi connectivity index (χ4v) is 2.35. The monoisotopic (exact) mass is 330 g/mol. The van der Waals surface area contributed by atoms with Crippen LogP contribution < -0.4 is 11.3 Å². The third-order valence-electron chi connectivity index (χ3n) is 2.75. The smallest absolute Gasteiger partial charge is 0.137 e. The summed E-state index contributed by atoms with van der Waals surface area (Å²) >= 11 is 3.05. The highest BCUT2D eigenvalue weighted by Gasteiger charge is 2.23. The van der Waals surface area contributed by atoms with Gasteiger partial charge in [0.15, 0.2) is 0 Å². The highest BCUT2D eigenvalue weighted by atomic mass is 79.9. The minimum Gasteiger partial charge on any atom is -0.271 e. The van der Waals surface area contributed by atoms with Crippen LogP contribution in [-0.2, 0) is 0 Å². The quantitative estimate of drug-likeness (QED) is 0.668. The molecular weight excluding hydrogens is 321 g/mol. The van der Waals surface area contributed by atoms with Gasteiger partial charge in [0.25, 0.3) is 0 Å². The van der Waals surface area contributed by atoms with Gasteiger partial charge in [0.1, 0.15) is 17.5 Å². The van der Waals surface area contributed by atoms with Gasteiger partial charge >= 0.3 is 0 Å². The lowest BCUT2D eigenvalue weighted by atomic mass is 9.98. The number of benzene rings is 2. The van der Waals surface area contributed by atoms with Crippen molar-refractivity contribution in [1.82, 2.24) is 5.43 Å². The Labute approximate surface area is 116 Å². The van der Waals surface area contributed by atoms with Gasteiger partial charge < -0.3 is 0 Å². The predicted molar refractivity (Wildman–Crippen MR) is 69.6 cm³/mol. The van der Waals surface area contributed by atoms with Gasteiger partial charge in [-0.1, -0.05) is 18.2 Å². The van der Waals surface area contributed by atoms with Crippen LogP contribution in [0, 0.1) is 17.5 Å². The molecule has 0 radical (unpaired) electrons. The van der Waals surface area contributed by atoms with Crippen LogP contribution in [0.2, 0.25) is 0 Å². The second kappa shape index (κ2) is 5.73. The normalized spacial score (nSPS) is 12.5. The van der Waals surface area contributed by atoms with Gasteiger partial charge in [-0.2, -0.15) is 0 Å². The van der Waals surface area contributed by atoms with Gasteiger partial charge in [0, 0.05) is 5.56 Å². The third kappa shape index (κ3) is 2.65. The van der Waals surface area contributed by atoms with Crippen molar-refractivity contribution < 1.29 is 13.2 Å². The Balaban J connectivity index is 2.60. The lowest BCUT2D eigenvalue weighted by molar-refractivity contribution is 0.507. The van der Waals surface area contributed by atoms with Crippen molar-refractivity contribution in [3.63, 3.8) is 0 Å². The van der Waals surface area contributed by atoms with Gasteiger partial charge in [0.05, 0.1) is 10.5 Å². The molecule has 100 valence electrons. The van der Waals surface area contributed by atoms with Gasteiger partial charge in [-0.3, -0.25) is 5.84 Å². The molecule has 0 amide bonds. The summed E-state index contributed by atoms with van der Waals surface area (Å²) in [4.78, 5) is 0. The first-order valence-electron chi connectivity index (χ1n) is 5.40. The largest absolute Gasteiger partial charge is 0.271 e. The van der Waals surface area contributed by atoms with E-state index in [9.17, 15) is 13.2 Å². The average molecular weight is 331 g/mol. The molecule has 2 rings (SSSR count). The van der Waals surface area contributed by atoms with Crippen molar-refractivity contribution in [2.45, 2.75) is 6.04 Å². The fourth-order valence-electron chi connectivity index (χ4n) is 1.86. The molecule has 0 heterocycles. The molecular formula is C13H10BrF3N2. The van der Waals surface area contributed by atoms with Crippen molar-refractivity contribution >= 4 is 15.9 Å². The summed E-state index contributed by atoms with van der Waals surface area (Å²) in [6.07, 6.45) is 0. The van der Waals surface area contributed by atoms with Crippen molar-refractivity contribution in [1.29, 1.82) is 0 Å². The zero-order valence-electron chi connectivity index (χ0n) is 9.63. The van der Waals surface area contributed by atoms with E-state index in [1.165, 1.54) is 24.3 Å². The van der Waals surface area contributed by atoms with E-state index < -0.39 is 23.5 Å². The zero-order valence-corrected chi connectivity index (χ0v) is 11.2. The molecule has 0 aliphatic carbocycles. The Morgan fingerprint density at radius 1 is 0.947 bits per heavy atom. The van der Waals surface area contributed by atoms with E-state index >= 15 is 0 Å². The number of hydrazine groups is 1. The SMILES string of the molecule is NNC(c1cccc(F)c1Br)c1c(F)cccc1F. The maximum Gasteiger partial charge on any atom is 0.137 e. The Bertz CT molecular complexity index is 584. The number of nitrogens with one attached hydrogen (secondary N) is 1. The Morgan fingerprint density at radius 3 is 2.05 bits per heavy atom. The summed E-state index contributed by atoms with van der Waals surface area (Å²) < 4.78 is 41.1. The molecule has 6 heteroatoms. The van der Waals surface area contributed by atoms with E-state index in [0.717, 1.165) is 12.1 Å². The number of halogens is 4. The van der Waals surface area contributed by atoms with Gasteiger partial charge in [-0.05, 0) is 39.7 Å². The first kappa shape index (κ1) is 14.0. The zero-order chi connectivity index (χ0) is 14.0. The topological polar surface area (TPSA) is 38.0 Å². The molecule has 0 saturated carbocycles. The second-order valence-corrected chi connectivity index (χ2v) is 4.67. The summed E-state index contributed by atoms with van der Waals surface area (Å²) in [6, 6.07) is 6.71. The van der Waals surface area contributed by atoms with Gasteiger partial charge in [-0.15, -0.1) is 0 Å². The molecule has 19 heavy (non-hydrogen) atoms. The van der Waals surface area contributed by atoms with Crippen LogP contribution in [0.1, 0.15) is 17.2 Å². The summed E-state index contributed by atoms with van der Waals surface area (Å²) in [5, 5.41) is 0. The molecule has 0 aliphatic rings. The first-order chi connectivity index (χ1) is 9.06. The predicted octanol–water partition coefficient (Wildman–Crippen LogP) is 3.42. The molecule has 2 aromatic rings. The van der Waals surface area contributed by atoms with Crippen LogP contribution in [0.4, 0.5) is 13.2 Å². The van der Waals surface area contributed by atoms with Crippen LogP contribution in [-0.4, -0.2) is 0 Å². The number of nitrogens with two attached hydrogens (primary N) is 1. The Kier molecular flexibility index (Phi) is 4.24. The first-order valence-corrected chi connectivity index (χ1v) is 6.19. The number of hydrogen-bond donors (Lipinski definition) is 2. The van der Waals surface area contributed by atoms with Gasteiger partial charge in [-0.25, -0.2) is 18.6 Å². The second-order valence-electron chi connectivity index (χ2n) is 3.88. The Hall–Kier alpha value is -1.37. The van der Waals surface area contributed by atoms with E-state index in [4.69, 9.17) is 5.84 Å². The lowest BCUT2D eigenvalue weighted by Crippen LogP contribution is -2.30. The molecule has 1 atom stereocenters. The van der Waals surface area contributed by atoms with Crippen molar-refractivity contribution in [2.24, 2.45) is 5.84 Å². The summed E-state index contributed by atoms with van der Waals surface area (Å²) in [6.45, 7) is 0. The maximum absolute atomic E-state index is 13.8. The molecule has 0 saturated heterocycles. The van der Waals surface area contributed by atoms with E-state index in [1.54, 1.807) is 0 Å². The fraction of sp³-hybridized carbons (Fsp3) is 0.0769. The molecule has 2 aromatic carbocycles. The summed E-state index contributed by atoms with van der Waals surface area (Å²) in [5.74, 6) is 3.33. The lowest BCUT2D eigenvalue weighted by Gasteiger charge is -2.19. The maximum atomic E-state index is 13.8. The highest BCUT2D eigenvalue weighted by Crippen LogP contribution is 2.32. The van der Waals surface area contributed by atoms with Crippen LogP contribution in [0.15, 0.2) is 40.9 Å². The molecule has 0 fully saturated rings. The van der Waals surface area contributed by atoms with E-state index in [0.29, 0.717) is 5.56 Å². The van der Waals surface area contributed by atoms with Crippen molar-refractivity contribution in [2.75, 3.05) is 0 Å². The molecule has 0 aromatic heterocycles. The molecule has 1 unspecified atom stereocenters. The average Bonchev–Trinajstić information content (AvgIpc) is 2.38. The van der Waals surface area contributed by atoms with Crippen LogP contribution in [0.5, 0.6) is 0 Å². The summed E-state index contributed by atoms with van der Waals surface area (Å²) in [7, 11) is 0. The molecule has 3 N–H and O–H groups in total. The van der Waals surface area contributed by atoms with Crippen LogP contribution in [0.25, 0.3) is 0 Å².